The molecule has 0 aliphatic rings. The molecule has 0 aliphatic carbocycles. The van der Waals surface area contributed by atoms with Crippen LogP contribution in [0, 0.1) is 5.82 Å². The molecule has 0 spiro atoms. The molecule has 0 saturated carbocycles. The summed E-state index contributed by atoms with van der Waals surface area (Å²) in [6.07, 6.45) is 1.69. The highest BCUT2D eigenvalue weighted by atomic mass is 32.2. The van der Waals surface area contributed by atoms with Crippen LogP contribution in [0.15, 0.2) is 24.4 Å². The van der Waals surface area contributed by atoms with E-state index < -0.39 is 15.1 Å². The van der Waals surface area contributed by atoms with Gasteiger partial charge in [0.25, 0.3) is 0 Å². The van der Waals surface area contributed by atoms with Gasteiger partial charge < -0.3 is 4.57 Å². The van der Waals surface area contributed by atoms with Crippen LogP contribution in [0.5, 0.6) is 0 Å². The van der Waals surface area contributed by atoms with Crippen molar-refractivity contribution in [3.63, 3.8) is 0 Å². The van der Waals surface area contributed by atoms with E-state index in [1.165, 1.54) is 6.07 Å². The highest BCUT2D eigenvalue weighted by Gasteiger charge is 2.20. The lowest BCUT2D eigenvalue weighted by molar-refractivity contribution is 0.586. The van der Waals surface area contributed by atoms with Crippen molar-refractivity contribution in [2.24, 2.45) is 7.05 Å². The zero-order chi connectivity index (χ0) is 13.5. The first-order valence-electron chi connectivity index (χ1n) is 5.77. The van der Waals surface area contributed by atoms with Gasteiger partial charge in [0.1, 0.15) is 5.82 Å². The number of aryl methyl sites for hydroxylation is 1. The van der Waals surface area contributed by atoms with Crippen LogP contribution >= 0.6 is 0 Å². The molecule has 0 N–H and O–H groups in total. The van der Waals surface area contributed by atoms with Gasteiger partial charge in [-0.25, -0.2) is 12.8 Å². The lowest BCUT2D eigenvalue weighted by atomic mass is 10.2. The van der Waals surface area contributed by atoms with Crippen LogP contribution in [0.3, 0.4) is 0 Å². The summed E-state index contributed by atoms with van der Waals surface area (Å²) in [7, 11) is -1.46. The zero-order valence-corrected chi connectivity index (χ0v) is 11.5. The molecule has 0 aliphatic heterocycles. The average molecular weight is 269 g/mol. The van der Waals surface area contributed by atoms with E-state index in [1.54, 1.807) is 43.8 Å². The summed E-state index contributed by atoms with van der Waals surface area (Å²) in [6.45, 7) is 3.31. The summed E-state index contributed by atoms with van der Waals surface area (Å²) in [4.78, 5) is 0. The number of benzene rings is 1. The molecular formula is C13H16FNO2S. The quantitative estimate of drug-likeness (QED) is 0.859. The van der Waals surface area contributed by atoms with Crippen molar-refractivity contribution in [3.8, 4) is 0 Å². The van der Waals surface area contributed by atoms with Crippen molar-refractivity contribution < 1.29 is 12.8 Å². The number of hydrogen-bond acceptors (Lipinski definition) is 2. The Morgan fingerprint density at radius 2 is 2.00 bits per heavy atom. The summed E-state index contributed by atoms with van der Waals surface area (Å²) < 4.78 is 39.2. The fourth-order valence-corrected chi connectivity index (χ4v) is 3.00. The number of nitrogens with zero attached hydrogens (tertiary/aromatic N) is 1. The van der Waals surface area contributed by atoms with E-state index in [1.807, 2.05) is 0 Å². The fraction of sp³-hybridized carbons (Fsp3) is 0.385. The maximum absolute atomic E-state index is 13.7. The Kier molecular flexibility index (Phi) is 3.19. The molecule has 2 rings (SSSR count). The Morgan fingerprint density at radius 1 is 1.33 bits per heavy atom. The van der Waals surface area contributed by atoms with E-state index in [2.05, 4.69) is 0 Å². The number of rotatable bonds is 3. The molecule has 0 amide bonds. The average Bonchev–Trinajstić information content (AvgIpc) is 2.56. The summed E-state index contributed by atoms with van der Waals surface area (Å²) in [6, 6.07) is 4.73. The van der Waals surface area contributed by atoms with E-state index in [4.69, 9.17) is 0 Å². The van der Waals surface area contributed by atoms with Crippen LogP contribution in [-0.2, 0) is 22.6 Å². The minimum Gasteiger partial charge on any atom is -0.348 e. The van der Waals surface area contributed by atoms with Crippen LogP contribution < -0.4 is 0 Å². The predicted octanol–water partition coefficient (Wildman–Crippen LogP) is 2.64. The van der Waals surface area contributed by atoms with Gasteiger partial charge in [0.15, 0.2) is 9.84 Å². The lowest BCUT2D eigenvalue weighted by Gasteiger charge is -2.06. The number of hydrogen-bond donors (Lipinski definition) is 0. The maximum Gasteiger partial charge on any atom is 0.156 e. The number of fused-ring (bicyclic) bond motifs is 1. The number of halogens is 1. The first-order chi connectivity index (χ1) is 8.33. The van der Waals surface area contributed by atoms with E-state index in [0.717, 1.165) is 0 Å². The summed E-state index contributed by atoms with van der Waals surface area (Å²) in [5, 5.41) is 0.239. The molecule has 2 aromatic rings. The van der Waals surface area contributed by atoms with E-state index in [-0.39, 0.29) is 11.6 Å². The van der Waals surface area contributed by atoms with Gasteiger partial charge in [-0.15, -0.1) is 0 Å². The Hall–Kier alpha value is -1.36. The first-order valence-corrected chi connectivity index (χ1v) is 7.48. The molecule has 0 bridgehead atoms. The van der Waals surface area contributed by atoms with Crippen molar-refractivity contribution in [2.75, 3.05) is 0 Å². The molecule has 0 unspecified atom stereocenters. The van der Waals surface area contributed by atoms with Crippen molar-refractivity contribution in [1.82, 2.24) is 4.57 Å². The smallest absolute Gasteiger partial charge is 0.156 e. The van der Waals surface area contributed by atoms with Crippen LogP contribution in [0.4, 0.5) is 4.39 Å². The van der Waals surface area contributed by atoms with Crippen LogP contribution in [0.25, 0.3) is 10.9 Å². The van der Waals surface area contributed by atoms with Gasteiger partial charge in [-0.3, -0.25) is 0 Å². The molecule has 1 aromatic heterocycles. The van der Waals surface area contributed by atoms with E-state index in [9.17, 15) is 12.8 Å². The second-order valence-electron chi connectivity index (χ2n) is 4.76. The highest BCUT2D eigenvalue weighted by Crippen LogP contribution is 2.25. The van der Waals surface area contributed by atoms with Crippen molar-refractivity contribution in [3.05, 3.63) is 35.8 Å². The summed E-state index contributed by atoms with van der Waals surface area (Å²) >= 11 is 0. The topological polar surface area (TPSA) is 39.1 Å². The molecule has 1 heterocycles. The van der Waals surface area contributed by atoms with Crippen molar-refractivity contribution in [2.45, 2.75) is 24.9 Å². The molecule has 5 heteroatoms. The molecule has 98 valence electrons. The lowest BCUT2D eigenvalue weighted by Crippen LogP contribution is -2.15. The van der Waals surface area contributed by atoms with Gasteiger partial charge in [0.2, 0.25) is 0 Å². The van der Waals surface area contributed by atoms with Gasteiger partial charge in [-0.2, -0.15) is 0 Å². The monoisotopic (exact) mass is 269 g/mol. The molecule has 3 nitrogen and oxygen atoms in total. The number of sulfone groups is 1. The highest BCUT2D eigenvalue weighted by molar-refractivity contribution is 7.91. The fourth-order valence-electron chi connectivity index (χ4n) is 2.00. The molecule has 18 heavy (non-hydrogen) atoms. The van der Waals surface area contributed by atoms with Gasteiger partial charge in [-0.05, 0) is 25.5 Å². The molecule has 0 fully saturated rings. The standard InChI is InChI=1S/C13H16FNO2S/c1-9(2)18(16,17)8-10-7-15(3)13-11(10)5-4-6-12(13)14/h4-7,9H,8H2,1-3H3. The molecule has 0 atom stereocenters. The minimum atomic E-state index is -3.18. The third kappa shape index (κ3) is 2.14. The summed E-state index contributed by atoms with van der Waals surface area (Å²) in [5.74, 6) is -0.381. The van der Waals surface area contributed by atoms with Crippen LogP contribution in [0.1, 0.15) is 19.4 Å². The van der Waals surface area contributed by atoms with E-state index in [0.29, 0.717) is 16.5 Å². The van der Waals surface area contributed by atoms with Crippen molar-refractivity contribution >= 4 is 20.7 Å². The Balaban J connectivity index is 2.58. The minimum absolute atomic E-state index is 0.0501. The number of aromatic nitrogens is 1. The predicted molar refractivity (Wildman–Crippen MR) is 70.6 cm³/mol. The van der Waals surface area contributed by atoms with Gasteiger partial charge in [0.05, 0.1) is 16.5 Å². The third-order valence-electron chi connectivity index (χ3n) is 3.11. The van der Waals surface area contributed by atoms with Crippen molar-refractivity contribution in [1.29, 1.82) is 0 Å². The zero-order valence-electron chi connectivity index (χ0n) is 10.6. The van der Waals surface area contributed by atoms with Crippen LogP contribution in [0.2, 0.25) is 0 Å². The van der Waals surface area contributed by atoms with Gasteiger partial charge in [0, 0.05) is 18.6 Å². The second kappa shape index (κ2) is 4.39. The number of para-hydroxylation sites is 1. The Labute approximate surface area is 106 Å². The second-order valence-corrected chi connectivity index (χ2v) is 7.31. The molecule has 0 saturated heterocycles. The van der Waals surface area contributed by atoms with Gasteiger partial charge in [-0.1, -0.05) is 12.1 Å². The molecule has 0 radical (unpaired) electrons. The third-order valence-corrected chi connectivity index (χ3v) is 5.26. The normalized spacial score (nSPS) is 12.5. The van der Waals surface area contributed by atoms with Crippen LogP contribution in [-0.4, -0.2) is 18.2 Å². The first kappa shape index (κ1) is 13.1. The maximum atomic E-state index is 13.7. The Bertz CT molecular complexity index is 686. The molecule has 1 aromatic carbocycles. The molecular weight excluding hydrogens is 253 g/mol. The van der Waals surface area contributed by atoms with E-state index >= 15 is 0 Å². The Morgan fingerprint density at radius 3 is 2.61 bits per heavy atom. The SMILES string of the molecule is CC(C)S(=O)(=O)Cc1cn(C)c2c(F)cccc12. The summed E-state index contributed by atoms with van der Waals surface area (Å²) in [5.41, 5.74) is 1.10. The van der Waals surface area contributed by atoms with Gasteiger partial charge >= 0.3 is 0 Å². The largest absolute Gasteiger partial charge is 0.348 e.